The quantitative estimate of drug-likeness (QED) is 0.839. The Morgan fingerprint density at radius 3 is 2.38 bits per heavy atom. The average molecular weight is 349 g/mol. The molecule has 0 N–H and O–H groups in total. The van der Waals surface area contributed by atoms with Gasteiger partial charge in [-0.05, 0) is 54.4 Å². The van der Waals surface area contributed by atoms with Crippen molar-refractivity contribution in [2.24, 2.45) is 10.8 Å². The van der Waals surface area contributed by atoms with Gasteiger partial charge in [0.05, 0.1) is 10.6 Å². The predicted octanol–water partition coefficient (Wildman–Crippen LogP) is 3.52. The van der Waals surface area contributed by atoms with Crippen LogP contribution in [0.3, 0.4) is 0 Å². The Labute approximate surface area is 145 Å². The number of fused-ring (bicyclic) bond motifs is 2. The molecule has 5 heteroatoms. The molecule has 1 saturated carbocycles. The van der Waals surface area contributed by atoms with Gasteiger partial charge in [-0.15, -0.1) is 0 Å². The predicted molar refractivity (Wildman–Crippen MR) is 94.7 cm³/mol. The van der Waals surface area contributed by atoms with E-state index in [1.54, 1.807) is 31.2 Å². The SMILES string of the molecule is CCS(=O)(=O)c1ccc(C(=O)N2CC3(C)CC2CC(C)(C)C3)cc1. The Morgan fingerprint density at radius 2 is 1.79 bits per heavy atom. The number of sulfone groups is 1. The highest BCUT2D eigenvalue weighted by atomic mass is 32.2. The number of amides is 1. The summed E-state index contributed by atoms with van der Waals surface area (Å²) < 4.78 is 23.8. The topological polar surface area (TPSA) is 54.5 Å². The number of nitrogens with zero attached hydrogens (tertiary/aromatic N) is 1. The number of hydrogen-bond acceptors (Lipinski definition) is 3. The van der Waals surface area contributed by atoms with Gasteiger partial charge in [0.15, 0.2) is 9.84 Å². The molecule has 1 aromatic carbocycles. The largest absolute Gasteiger partial charge is 0.335 e. The van der Waals surface area contributed by atoms with Gasteiger partial charge in [0.25, 0.3) is 5.91 Å². The fraction of sp³-hybridized carbons (Fsp3) is 0.632. The molecule has 2 bridgehead atoms. The van der Waals surface area contributed by atoms with Crippen LogP contribution in [0.15, 0.2) is 29.2 Å². The summed E-state index contributed by atoms with van der Waals surface area (Å²) in [4.78, 5) is 15.2. The van der Waals surface area contributed by atoms with Crippen LogP contribution in [-0.4, -0.2) is 37.6 Å². The van der Waals surface area contributed by atoms with Gasteiger partial charge in [-0.1, -0.05) is 27.7 Å². The molecule has 1 aliphatic carbocycles. The maximum absolute atomic E-state index is 12.9. The summed E-state index contributed by atoms with van der Waals surface area (Å²) in [7, 11) is -3.22. The van der Waals surface area contributed by atoms with Gasteiger partial charge in [-0.2, -0.15) is 0 Å². The van der Waals surface area contributed by atoms with Crippen molar-refractivity contribution in [3.8, 4) is 0 Å². The zero-order valence-electron chi connectivity index (χ0n) is 15.0. The standard InChI is InChI=1S/C19H27NO3S/c1-5-24(22,23)16-8-6-14(7-9-16)17(21)20-13-19(4)11-15(20)10-18(2,3)12-19/h6-9,15H,5,10-13H2,1-4H3. The first-order chi connectivity index (χ1) is 11.1. The molecule has 2 fully saturated rings. The Balaban J connectivity index is 1.83. The Morgan fingerprint density at radius 1 is 1.17 bits per heavy atom. The molecule has 3 rings (SSSR count). The van der Waals surface area contributed by atoms with Gasteiger partial charge >= 0.3 is 0 Å². The number of likely N-dealkylation sites (tertiary alicyclic amines) is 1. The molecule has 1 aliphatic heterocycles. The van der Waals surface area contributed by atoms with E-state index in [0.29, 0.717) is 11.6 Å². The van der Waals surface area contributed by atoms with Crippen LogP contribution in [0, 0.1) is 10.8 Å². The Hall–Kier alpha value is -1.36. The fourth-order valence-corrected chi connectivity index (χ4v) is 5.72. The maximum Gasteiger partial charge on any atom is 0.254 e. The van der Waals surface area contributed by atoms with E-state index in [1.165, 1.54) is 0 Å². The third kappa shape index (κ3) is 3.10. The first kappa shape index (κ1) is 17.5. The third-order valence-corrected chi connectivity index (χ3v) is 7.27. The van der Waals surface area contributed by atoms with E-state index < -0.39 is 9.84 Å². The van der Waals surface area contributed by atoms with Gasteiger partial charge in [-0.25, -0.2) is 8.42 Å². The van der Waals surface area contributed by atoms with Crippen molar-refractivity contribution in [3.05, 3.63) is 29.8 Å². The molecule has 2 atom stereocenters. The molecule has 1 heterocycles. The second kappa shape index (κ2) is 5.58. The summed E-state index contributed by atoms with van der Waals surface area (Å²) >= 11 is 0. The van der Waals surface area contributed by atoms with Gasteiger partial charge < -0.3 is 4.90 Å². The van der Waals surface area contributed by atoms with E-state index in [2.05, 4.69) is 20.8 Å². The molecule has 24 heavy (non-hydrogen) atoms. The lowest BCUT2D eigenvalue weighted by atomic mass is 9.65. The molecule has 1 amide bonds. The van der Waals surface area contributed by atoms with Crippen LogP contribution in [0.4, 0.5) is 0 Å². The van der Waals surface area contributed by atoms with Crippen LogP contribution in [-0.2, 0) is 9.84 Å². The van der Waals surface area contributed by atoms with Crippen LogP contribution in [0.2, 0.25) is 0 Å². The van der Waals surface area contributed by atoms with E-state index in [1.807, 2.05) is 4.90 Å². The number of benzene rings is 1. The number of hydrogen-bond donors (Lipinski definition) is 0. The zero-order chi connectivity index (χ0) is 17.8. The van der Waals surface area contributed by atoms with Crippen LogP contribution in [0.1, 0.15) is 57.3 Å². The first-order valence-corrected chi connectivity index (χ1v) is 10.3. The molecule has 0 spiro atoms. The summed E-state index contributed by atoms with van der Waals surface area (Å²) in [5.74, 6) is 0.101. The molecule has 0 radical (unpaired) electrons. The minimum Gasteiger partial charge on any atom is -0.335 e. The minimum absolute atomic E-state index is 0.0295. The van der Waals surface area contributed by atoms with Crippen LogP contribution in [0.25, 0.3) is 0 Å². The zero-order valence-corrected chi connectivity index (χ0v) is 15.8. The first-order valence-electron chi connectivity index (χ1n) is 8.69. The Bertz CT molecular complexity index is 751. The lowest BCUT2D eigenvalue weighted by Gasteiger charge is -2.39. The van der Waals surface area contributed by atoms with E-state index in [0.717, 1.165) is 25.8 Å². The van der Waals surface area contributed by atoms with Crippen LogP contribution in [0.5, 0.6) is 0 Å². The molecule has 1 saturated heterocycles. The molecule has 2 unspecified atom stereocenters. The van der Waals surface area contributed by atoms with Crippen molar-refractivity contribution in [2.75, 3.05) is 12.3 Å². The van der Waals surface area contributed by atoms with Crippen molar-refractivity contribution in [3.63, 3.8) is 0 Å². The van der Waals surface area contributed by atoms with Crippen molar-refractivity contribution in [1.82, 2.24) is 4.90 Å². The van der Waals surface area contributed by atoms with Crippen LogP contribution >= 0.6 is 0 Å². The normalized spacial score (nSPS) is 28.8. The van der Waals surface area contributed by atoms with Gasteiger partial charge in [0.1, 0.15) is 0 Å². The third-order valence-electron chi connectivity index (χ3n) is 5.52. The summed E-state index contributed by atoms with van der Waals surface area (Å²) in [5.41, 5.74) is 1.05. The van der Waals surface area contributed by atoms with Crippen LogP contribution < -0.4 is 0 Å². The second-order valence-corrected chi connectivity index (χ2v) is 10.9. The lowest BCUT2D eigenvalue weighted by Crippen LogP contribution is -2.37. The van der Waals surface area contributed by atoms with Crippen molar-refractivity contribution in [1.29, 1.82) is 0 Å². The highest BCUT2D eigenvalue weighted by Gasteiger charge is 2.50. The van der Waals surface area contributed by atoms with E-state index in [9.17, 15) is 13.2 Å². The fourth-order valence-electron chi connectivity index (χ4n) is 4.83. The summed E-state index contributed by atoms with van der Waals surface area (Å²) in [6.45, 7) is 9.28. The van der Waals surface area contributed by atoms with Gasteiger partial charge in [0.2, 0.25) is 0 Å². The van der Waals surface area contributed by atoms with Crippen molar-refractivity contribution >= 4 is 15.7 Å². The number of carbonyl (C=O) groups excluding carboxylic acids is 1. The molecular weight excluding hydrogens is 322 g/mol. The number of carbonyl (C=O) groups is 1. The lowest BCUT2D eigenvalue weighted by molar-refractivity contribution is 0.0708. The molecule has 132 valence electrons. The van der Waals surface area contributed by atoms with E-state index in [4.69, 9.17) is 0 Å². The van der Waals surface area contributed by atoms with Crippen molar-refractivity contribution < 1.29 is 13.2 Å². The van der Waals surface area contributed by atoms with Gasteiger partial charge in [0, 0.05) is 18.2 Å². The number of rotatable bonds is 3. The minimum atomic E-state index is -3.22. The van der Waals surface area contributed by atoms with E-state index in [-0.39, 0.29) is 27.4 Å². The molecule has 1 aromatic rings. The molecule has 2 aliphatic rings. The highest BCUT2D eigenvalue weighted by molar-refractivity contribution is 7.91. The second-order valence-electron chi connectivity index (χ2n) is 8.57. The molecular formula is C19H27NO3S. The summed E-state index contributed by atoms with van der Waals surface area (Å²) in [6.07, 6.45) is 3.26. The van der Waals surface area contributed by atoms with Gasteiger partial charge in [-0.3, -0.25) is 4.79 Å². The summed E-state index contributed by atoms with van der Waals surface area (Å²) in [5, 5.41) is 0. The maximum atomic E-state index is 12.9. The monoisotopic (exact) mass is 349 g/mol. The molecule has 4 nitrogen and oxygen atoms in total. The Kier molecular flexibility index (Phi) is 4.06. The molecule has 0 aromatic heterocycles. The smallest absolute Gasteiger partial charge is 0.254 e. The highest BCUT2D eigenvalue weighted by Crippen LogP contribution is 2.52. The van der Waals surface area contributed by atoms with Crippen molar-refractivity contribution in [2.45, 2.75) is 57.9 Å². The average Bonchev–Trinajstić information content (AvgIpc) is 2.75. The van der Waals surface area contributed by atoms with E-state index >= 15 is 0 Å². The summed E-state index contributed by atoms with van der Waals surface area (Å²) in [6, 6.07) is 6.71.